The van der Waals surface area contributed by atoms with Gasteiger partial charge in [0.2, 0.25) is 0 Å². The molecule has 11 heavy (non-hydrogen) atoms. The maximum Gasteiger partial charge on any atom is 0.355 e. The molecule has 0 aromatic carbocycles. The molecule has 0 unspecified atom stereocenters. The third-order valence-electron chi connectivity index (χ3n) is 2.47. The van der Waals surface area contributed by atoms with Crippen LogP contribution in [0.2, 0.25) is 0 Å². The number of nitrogens with zero attached hydrogens (tertiary/aromatic N) is 1. The van der Waals surface area contributed by atoms with Gasteiger partial charge in [-0.25, -0.2) is 4.79 Å². The lowest BCUT2D eigenvalue weighted by Crippen LogP contribution is -2.50. The molecule has 0 saturated carbocycles. The molecule has 3 nitrogen and oxygen atoms in total. The van der Waals surface area contributed by atoms with Crippen LogP contribution in [0.1, 0.15) is 26.2 Å². The highest BCUT2D eigenvalue weighted by molar-refractivity contribution is 5.35. The molecular formula is C8H16NO2+. The Hall–Kier alpha value is -0.570. The van der Waals surface area contributed by atoms with Gasteiger partial charge in [-0.3, -0.25) is 4.84 Å². The molecule has 0 spiro atoms. The maximum absolute atomic E-state index is 10.2. The van der Waals surface area contributed by atoms with Gasteiger partial charge in [0.05, 0.1) is 0 Å². The van der Waals surface area contributed by atoms with Crippen molar-refractivity contribution >= 4 is 6.47 Å². The van der Waals surface area contributed by atoms with E-state index in [1.807, 2.05) is 0 Å². The quantitative estimate of drug-likeness (QED) is 0.454. The minimum atomic E-state index is 0.545. The molecule has 1 heterocycles. The maximum atomic E-state index is 10.2. The molecule has 1 aliphatic rings. The second-order valence-electron chi connectivity index (χ2n) is 3.08. The van der Waals surface area contributed by atoms with Crippen LogP contribution in [0, 0.1) is 0 Å². The highest BCUT2D eigenvalue weighted by Gasteiger charge is 2.30. The summed E-state index contributed by atoms with van der Waals surface area (Å²) in [6, 6.07) is 0. The Kier molecular flexibility index (Phi) is 2.88. The van der Waals surface area contributed by atoms with Gasteiger partial charge < -0.3 is 0 Å². The fourth-order valence-corrected chi connectivity index (χ4v) is 1.68. The van der Waals surface area contributed by atoms with Crippen LogP contribution in [-0.4, -0.2) is 30.8 Å². The first-order valence-corrected chi connectivity index (χ1v) is 4.31. The van der Waals surface area contributed by atoms with Crippen molar-refractivity contribution in [3.8, 4) is 0 Å². The lowest BCUT2D eigenvalue weighted by Gasteiger charge is -2.35. The number of piperidine rings is 1. The van der Waals surface area contributed by atoms with Crippen molar-refractivity contribution < 1.29 is 14.3 Å². The Morgan fingerprint density at radius 2 is 2.00 bits per heavy atom. The first-order chi connectivity index (χ1) is 5.33. The molecule has 1 fully saturated rings. The van der Waals surface area contributed by atoms with Crippen LogP contribution in [0.15, 0.2) is 0 Å². The van der Waals surface area contributed by atoms with Gasteiger partial charge in [-0.15, -0.1) is 4.65 Å². The van der Waals surface area contributed by atoms with E-state index in [1.165, 1.54) is 19.3 Å². The molecule has 0 atom stereocenters. The molecule has 0 amide bonds. The second-order valence-corrected chi connectivity index (χ2v) is 3.08. The number of hydrogen-bond acceptors (Lipinski definition) is 2. The molecule has 1 aliphatic heterocycles. The summed E-state index contributed by atoms with van der Waals surface area (Å²) < 4.78 is 0.545. The summed E-state index contributed by atoms with van der Waals surface area (Å²) in [6.07, 6.45) is 3.64. The fraction of sp³-hybridized carbons (Fsp3) is 0.875. The van der Waals surface area contributed by atoms with E-state index in [0.717, 1.165) is 19.6 Å². The number of carbonyl (C=O) groups is 1. The van der Waals surface area contributed by atoms with Crippen molar-refractivity contribution in [3.63, 3.8) is 0 Å². The summed E-state index contributed by atoms with van der Waals surface area (Å²) in [5, 5.41) is 0. The zero-order valence-corrected chi connectivity index (χ0v) is 7.08. The van der Waals surface area contributed by atoms with E-state index < -0.39 is 0 Å². The molecular weight excluding hydrogens is 142 g/mol. The topological polar surface area (TPSA) is 26.3 Å². The monoisotopic (exact) mass is 158 g/mol. The van der Waals surface area contributed by atoms with Crippen LogP contribution in [0.4, 0.5) is 0 Å². The molecule has 1 rings (SSSR count). The van der Waals surface area contributed by atoms with E-state index >= 15 is 0 Å². The summed E-state index contributed by atoms with van der Waals surface area (Å²) in [5.41, 5.74) is 0. The number of rotatable bonds is 3. The Morgan fingerprint density at radius 3 is 2.45 bits per heavy atom. The summed E-state index contributed by atoms with van der Waals surface area (Å²) in [5.74, 6) is 0. The van der Waals surface area contributed by atoms with Gasteiger partial charge in [0, 0.05) is 12.8 Å². The van der Waals surface area contributed by atoms with Gasteiger partial charge in [0.1, 0.15) is 19.6 Å². The average molecular weight is 158 g/mol. The van der Waals surface area contributed by atoms with E-state index in [0.29, 0.717) is 11.1 Å². The average Bonchev–Trinajstić information content (AvgIpc) is 2.07. The van der Waals surface area contributed by atoms with E-state index in [9.17, 15) is 4.79 Å². The molecule has 1 saturated heterocycles. The van der Waals surface area contributed by atoms with E-state index in [2.05, 4.69) is 6.92 Å². The molecule has 0 aliphatic carbocycles. The Labute approximate surface area is 67.5 Å². The van der Waals surface area contributed by atoms with Gasteiger partial charge in [0.25, 0.3) is 0 Å². The Morgan fingerprint density at radius 1 is 1.36 bits per heavy atom. The summed E-state index contributed by atoms with van der Waals surface area (Å²) in [4.78, 5) is 15.3. The van der Waals surface area contributed by atoms with Gasteiger partial charge in [-0.1, -0.05) is 0 Å². The van der Waals surface area contributed by atoms with Crippen molar-refractivity contribution in [3.05, 3.63) is 0 Å². The van der Waals surface area contributed by atoms with Crippen molar-refractivity contribution in [2.75, 3.05) is 19.6 Å². The number of carbonyl (C=O) groups excluding carboxylic acids is 1. The summed E-state index contributed by atoms with van der Waals surface area (Å²) >= 11 is 0. The van der Waals surface area contributed by atoms with E-state index in [4.69, 9.17) is 4.84 Å². The van der Waals surface area contributed by atoms with Crippen molar-refractivity contribution in [2.45, 2.75) is 26.2 Å². The van der Waals surface area contributed by atoms with E-state index in [1.54, 1.807) is 0 Å². The summed E-state index contributed by atoms with van der Waals surface area (Å²) in [7, 11) is 0. The first kappa shape index (κ1) is 8.53. The number of hydrogen-bond donors (Lipinski definition) is 0. The third-order valence-corrected chi connectivity index (χ3v) is 2.47. The minimum absolute atomic E-state index is 0.545. The number of hydroxylamine groups is 3. The van der Waals surface area contributed by atoms with Crippen LogP contribution in [0.3, 0.4) is 0 Å². The molecule has 0 aromatic heterocycles. The predicted octanol–water partition coefficient (Wildman–Crippen LogP) is 1.09. The molecule has 0 N–H and O–H groups in total. The number of quaternary nitrogens is 1. The second kappa shape index (κ2) is 3.72. The molecule has 0 bridgehead atoms. The first-order valence-electron chi connectivity index (χ1n) is 4.31. The number of likely N-dealkylation sites (tertiary alicyclic amines) is 1. The highest BCUT2D eigenvalue weighted by atomic mass is 16.7. The van der Waals surface area contributed by atoms with Crippen LogP contribution in [0.25, 0.3) is 0 Å². The lowest BCUT2D eigenvalue weighted by molar-refractivity contribution is -1.09. The zero-order valence-electron chi connectivity index (χ0n) is 7.08. The van der Waals surface area contributed by atoms with Gasteiger partial charge >= 0.3 is 6.47 Å². The Bertz CT molecular complexity index is 130. The predicted molar refractivity (Wildman–Crippen MR) is 41.5 cm³/mol. The van der Waals surface area contributed by atoms with Crippen molar-refractivity contribution in [2.24, 2.45) is 0 Å². The summed E-state index contributed by atoms with van der Waals surface area (Å²) in [6.45, 7) is 5.53. The van der Waals surface area contributed by atoms with Crippen molar-refractivity contribution in [1.29, 1.82) is 0 Å². The molecule has 64 valence electrons. The zero-order chi connectivity index (χ0) is 8.16. The van der Waals surface area contributed by atoms with Crippen LogP contribution >= 0.6 is 0 Å². The van der Waals surface area contributed by atoms with E-state index in [-0.39, 0.29) is 0 Å². The molecule has 0 aromatic rings. The van der Waals surface area contributed by atoms with Gasteiger partial charge in [-0.05, 0) is 13.3 Å². The van der Waals surface area contributed by atoms with Crippen molar-refractivity contribution in [1.82, 2.24) is 0 Å². The largest absolute Gasteiger partial charge is 0.355 e. The Balaban J connectivity index is 2.49. The van der Waals surface area contributed by atoms with Gasteiger partial charge in [-0.2, -0.15) is 0 Å². The van der Waals surface area contributed by atoms with Crippen LogP contribution in [0.5, 0.6) is 0 Å². The SMILES string of the molecule is CC[N+]1(OC=O)CCCCC1. The highest BCUT2D eigenvalue weighted by Crippen LogP contribution is 2.18. The fourth-order valence-electron chi connectivity index (χ4n) is 1.68. The standard InChI is InChI=1S/C8H16NO2/c1-2-9(11-8-10)6-4-3-5-7-9/h8H,2-7H2,1H3/q+1. The molecule has 0 radical (unpaired) electrons. The lowest BCUT2D eigenvalue weighted by atomic mass is 10.1. The molecule has 3 heteroatoms. The van der Waals surface area contributed by atoms with Crippen LogP contribution < -0.4 is 0 Å². The smallest absolute Gasteiger partial charge is 0.280 e. The third kappa shape index (κ3) is 1.93. The normalized spacial score (nSPS) is 22.6. The van der Waals surface area contributed by atoms with Crippen LogP contribution in [-0.2, 0) is 9.63 Å². The minimum Gasteiger partial charge on any atom is -0.280 e. The van der Waals surface area contributed by atoms with Gasteiger partial charge in [0.15, 0.2) is 0 Å².